The summed E-state index contributed by atoms with van der Waals surface area (Å²) in [5.74, 6) is 0.162. The van der Waals surface area contributed by atoms with Crippen LogP contribution in [-0.2, 0) is 27.5 Å². The number of nitrogens with two attached hydrogens (primary N) is 1. The Bertz CT molecular complexity index is 602. The lowest BCUT2D eigenvalue weighted by molar-refractivity contribution is -0.139. The first-order chi connectivity index (χ1) is 10.0. The van der Waals surface area contributed by atoms with E-state index < -0.39 is 0 Å². The number of nitrogen functional groups attached to an aromatic ring is 1. The van der Waals surface area contributed by atoms with Crippen molar-refractivity contribution in [2.75, 3.05) is 19.1 Å². The van der Waals surface area contributed by atoms with Crippen LogP contribution in [0.2, 0.25) is 0 Å². The molecule has 112 valence electrons. The largest absolute Gasteiger partial charge is 0.467 e. The summed E-state index contributed by atoms with van der Waals surface area (Å²) < 4.78 is 10.8. The van der Waals surface area contributed by atoms with Gasteiger partial charge in [-0.25, -0.2) is 0 Å². The van der Waals surface area contributed by atoms with Crippen molar-refractivity contribution >= 4 is 17.5 Å². The molecule has 21 heavy (non-hydrogen) atoms. The second kappa shape index (κ2) is 5.34. The van der Waals surface area contributed by atoms with Gasteiger partial charge in [0.15, 0.2) is 6.79 Å². The summed E-state index contributed by atoms with van der Waals surface area (Å²) >= 11 is 0. The van der Waals surface area contributed by atoms with Gasteiger partial charge in [0.05, 0.1) is 19.2 Å². The molecule has 7 nitrogen and oxygen atoms in total. The molecule has 1 unspecified atom stereocenters. The van der Waals surface area contributed by atoms with E-state index in [2.05, 4.69) is 5.32 Å². The predicted molar refractivity (Wildman–Crippen MR) is 74.2 cm³/mol. The second-order valence-electron chi connectivity index (χ2n) is 5.27. The van der Waals surface area contributed by atoms with Crippen LogP contribution in [0.3, 0.4) is 0 Å². The molecular formula is C14H17N3O4. The Balaban J connectivity index is 1.89. The van der Waals surface area contributed by atoms with Gasteiger partial charge in [0.25, 0.3) is 0 Å². The maximum atomic E-state index is 11.7. The quantitative estimate of drug-likeness (QED) is 0.587. The molecule has 1 atom stereocenters. The number of anilines is 1. The average Bonchev–Trinajstić information content (AvgIpc) is 2.44. The Labute approximate surface area is 122 Å². The Morgan fingerprint density at radius 1 is 1.43 bits per heavy atom. The Kier molecular flexibility index (Phi) is 3.52. The van der Waals surface area contributed by atoms with Crippen LogP contribution in [0.5, 0.6) is 5.75 Å². The van der Waals surface area contributed by atoms with Crippen LogP contribution >= 0.6 is 0 Å². The van der Waals surface area contributed by atoms with Crippen molar-refractivity contribution in [2.24, 2.45) is 0 Å². The molecule has 1 aromatic carbocycles. The minimum absolute atomic E-state index is 0.174. The molecule has 7 heteroatoms. The molecule has 3 rings (SSSR count). The van der Waals surface area contributed by atoms with Crippen molar-refractivity contribution in [3.63, 3.8) is 0 Å². The van der Waals surface area contributed by atoms with Gasteiger partial charge in [0.1, 0.15) is 5.75 Å². The highest BCUT2D eigenvalue weighted by Crippen LogP contribution is 2.32. The maximum absolute atomic E-state index is 11.7. The van der Waals surface area contributed by atoms with Gasteiger partial charge < -0.3 is 15.2 Å². The van der Waals surface area contributed by atoms with E-state index in [1.54, 1.807) is 11.8 Å². The molecule has 1 aromatic rings. The number of amides is 2. The molecule has 2 aliphatic heterocycles. The third kappa shape index (κ3) is 2.70. The van der Waals surface area contributed by atoms with Gasteiger partial charge in [-0.3, -0.25) is 19.8 Å². The average molecular weight is 291 g/mol. The van der Waals surface area contributed by atoms with Crippen LogP contribution in [-0.4, -0.2) is 36.1 Å². The highest BCUT2D eigenvalue weighted by molar-refractivity contribution is 6.00. The molecule has 0 aromatic heterocycles. The molecule has 0 spiro atoms. The molecule has 2 amide bonds. The van der Waals surface area contributed by atoms with Crippen molar-refractivity contribution in [3.05, 3.63) is 23.3 Å². The number of carbonyl (C=O) groups is 2. The van der Waals surface area contributed by atoms with Gasteiger partial charge >= 0.3 is 0 Å². The van der Waals surface area contributed by atoms with Gasteiger partial charge in [-0.1, -0.05) is 0 Å². The van der Waals surface area contributed by atoms with E-state index in [4.69, 9.17) is 15.2 Å². The smallest absolute Gasteiger partial charge is 0.243 e. The molecule has 0 saturated carbocycles. The summed E-state index contributed by atoms with van der Waals surface area (Å²) in [4.78, 5) is 25.0. The molecule has 0 radical (unpaired) electrons. The number of rotatable bonds is 2. The molecule has 1 fully saturated rings. The number of benzene rings is 1. The van der Waals surface area contributed by atoms with E-state index in [1.807, 2.05) is 12.1 Å². The van der Waals surface area contributed by atoms with Crippen LogP contribution in [0, 0.1) is 0 Å². The Morgan fingerprint density at radius 2 is 2.24 bits per heavy atom. The van der Waals surface area contributed by atoms with Crippen molar-refractivity contribution in [1.29, 1.82) is 0 Å². The summed E-state index contributed by atoms with van der Waals surface area (Å²) in [5.41, 5.74) is 8.26. The van der Waals surface area contributed by atoms with E-state index in [-0.39, 0.29) is 31.2 Å². The van der Waals surface area contributed by atoms with Crippen LogP contribution < -0.4 is 15.8 Å². The Hall–Kier alpha value is -2.12. The zero-order valence-corrected chi connectivity index (χ0v) is 11.7. The second-order valence-corrected chi connectivity index (χ2v) is 5.27. The van der Waals surface area contributed by atoms with Crippen molar-refractivity contribution in [2.45, 2.75) is 26.1 Å². The monoisotopic (exact) mass is 291 g/mol. The van der Waals surface area contributed by atoms with Crippen LogP contribution in [0.25, 0.3) is 0 Å². The Morgan fingerprint density at radius 3 is 3.05 bits per heavy atom. The van der Waals surface area contributed by atoms with Gasteiger partial charge in [-0.05, 0) is 19.1 Å². The molecule has 0 bridgehead atoms. The van der Waals surface area contributed by atoms with E-state index in [0.29, 0.717) is 18.8 Å². The highest BCUT2D eigenvalue weighted by atomic mass is 16.7. The summed E-state index contributed by atoms with van der Waals surface area (Å²) in [7, 11) is 0. The summed E-state index contributed by atoms with van der Waals surface area (Å²) in [6.45, 7) is 3.01. The van der Waals surface area contributed by atoms with Gasteiger partial charge in [-0.15, -0.1) is 0 Å². The highest BCUT2D eigenvalue weighted by Gasteiger charge is 2.31. The predicted octanol–water partition coefficient (Wildman–Crippen LogP) is -0.0178. The molecular weight excluding hydrogens is 274 g/mol. The topological polar surface area (TPSA) is 93.9 Å². The summed E-state index contributed by atoms with van der Waals surface area (Å²) in [5, 5.41) is 2.32. The molecule has 0 aliphatic carbocycles. The summed E-state index contributed by atoms with van der Waals surface area (Å²) in [6, 6.07) is 3.25. The first-order valence-corrected chi connectivity index (χ1v) is 6.74. The standard InChI is InChI=1S/C14H17N3O4/c1-8-14(19)16-12(18)5-17(8)4-9-2-11(15)3-10-6-20-7-21-13(9)10/h2-3,8H,4-7,15H2,1H3,(H,16,18,19). The summed E-state index contributed by atoms with van der Waals surface area (Å²) in [6.07, 6.45) is 0. The fourth-order valence-electron chi connectivity index (χ4n) is 2.62. The van der Waals surface area contributed by atoms with E-state index in [0.717, 1.165) is 16.9 Å². The van der Waals surface area contributed by atoms with Crippen molar-refractivity contribution < 1.29 is 19.1 Å². The zero-order chi connectivity index (χ0) is 15.0. The molecule has 1 saturated heterocycles. The van der Waals surface area contributed by atoms with Gasteiger partial charge in [0.2, 0.25) is 11.8 Å². The molecule has 2 heterocycles. The number of nitrogens with zero attached hydrogens (tertiary/aromatic N) is 1. The van der Waals surface area contributed by atoms with Crippen LogP contribution in [0.4, 0.5) is 5.69 Å². The van der Waals surface area contributed by atoms with Crippen molar-refractivity contribution in [3.8, 4) is 5.75 Å². The molecule has 2 aliphatic rings. The lowest BCUT2D eigenvalue weighted by atomic mass is 10.0. The number of hydrogen-bond donors (Lipinski definition) is 2. The normalized spacial score (nSPS) is 22.4. The lowest BCUT2D eigenvalue weighted by Crippen LogP contribution is -2.56. The number of nitrogens with one attached hydrogen (secondary N) is 1. The van der Waals surface area contributed by atoms with E-state index in [9.17, 15) is 9.59 Å². The minimum Gasteiger partial charge on any atom is -0.467 e. The van der Waals surface area contributed by atoms with Crippen LogP contribution in [0.1, 0.15) is 18.1 Å². The number of piperazine rings is 1. The number of carbonyl (C=O) groups excluding carboxylic acids is 2. The fourth-order valence-corrected chi connectivity index (χ4v) is 2.62. The maximum Gasteiger partial charge on any atom is 0.243 e. The van der Waals surface area contributed by atoms with Gasteiger partial charge in [0, 0.05) is 23.4 Å². The number of ether oxygens (including phenoxy) is 2. The number of imide groups is 1. The van der Waals surface area contributed by atoms with Crippen LogP contribution in [0.15, 0.2) is 12.1 Å². The molecule has 3 N–H and O–H groups in total. The number of hydrogen-bond acceptors (Lipinski definition) is 6. The first-order valence-electron chi connectivity index (χ1n) is 6.74. The SMILES string of the molecule is CC1C(=O)NC(=O)CN1Cc1cc(N)cc2c1OCOC2. The minimum atomic E-state index is -0.375. The van der Waals surface area contributed by atoms with Crippen molar-refractivity contribution in [1.82, 2.24) is 10.2 Å². The third-order valence-electron chi connectivity index (χ3n) is 3.72. The first kappa shape index (κ1) is 13.8. The van der Waals surface area contributed by atoms with Gasteiger partial charge in [-0.2, -0.15) is 0 Å². The van der Waals surface area contributed by atoms with E-state index in [1.165, 1.54) is 0 Å². The third-order valence-corrected chi connectivity index (χ3v) is 3.72. The zero-order valence-electron chi connectivity index (χ0n) is 11.7. The van der Waals surface area contributed by atoms with E-state index >= 15 is 0 Å². The number of fused-ring (bicyclic) bond motifs is 1. The lowest BCUT2D eigenvalue weighted by Gasteiger charge is -2.32. The fraction of sp³-hybridized carbons (Fsp3) is 0.429.